The Morgan fingerprint density at radius 2 is 1.78 bits per heavy atom. The molecule has 0 radical (unpaired) electrons. The van der Waals surface area contributed by atoms with Crippen LogP contribution in [0.1, 0.15) is 27.7 Å². The molecule has 3 fully saturated rings. The van der Waals surface area contributed by atoms with E-state index in [4.69, 9.17) is 23.7 Å². The minimum Gasteiger partial charge on any atom is -0.391 e. The van der Waals surface area contributed by atoms with Gasteiger partial charge in [0, 0.05) is 0 Å². The monoisotopic (exact) mass is 260 g/mol. The van der Waals surface area contributed by atoms with Crippen LogP contribution in [0.15, 0.2) is 0 Å². The molecule has 0 aromatic heterocycles. The first-order chi connectivity index (χ1) is 8.27. The van der Waals surface area contributed by atoms with Crippen molar-refractivity contribution in [2.45, 2.75) is 63.4 Å². The molecule has 2 unspecified atom stereocenters. The van der Waals surface area contributed by atoms with Crippen molar-refractivity contribution in [2.24, 2.45) is 0 Å². The lowest BCUT2D eigenvalue weighted by Gasteiger charge is -2.39. The lowest BCUT2D eigenvalue weighted by Crippen LogP contribution is -2.60. The molecule has 3 saturated heterocycles. The Labute approximate surface area is 106 Å². The van der Waals surface area contributed by atoms with Gasteiger partial charge in [-0.2, -0.15) is 0 Å². The van der Waals surface area contributed by atoms with Crippen LogP contribution in [0.4, 0.5) is 0 Å². The quantitative estimate of drug-likeness (QED) is 0.735. The maximum atomic E-state index is 9.61. The largest absolute Gasteiger partial charge is 0.391 e. The van der Waals surface area contributed by atoms with Crippen LogP contribution in [0.5, 0.6) is 0 Å². The fourth-order valence-corrected chi connectivity index (χ4v) is 2.96. The van der Waals surface area contributed by atoms with E-state index in [1.807, 2.05) is 13.8 Å². The molecule has 0 aromatic rings. The number of ether oxygens (including phenoxy) is 5. The van der Waals surface area contributed by atoms with Crippen LogP contribution in [0.2, 0.25) is 0 Å². The Kier molecular flexibility index (Phi) is 2.59. The third kappa shape index (κ3) is 1.79. The topological polar surface area (TPSA) is 66.4 Å². The number of aliphatic hydroxyl groups is 1. The highest BCUT2D eigenvalue weighted by Gasteiger charge is 2.65. The van der Waals surface area contributed by atoms with Crippen LogP contribution < -0.4 is 0 Å². The van der Waals surface area contributed by atoms with Crippen molar-refractivity contribution >= 4 is 0 Å². The average Bonchev–Trinajstić information content (AvgIpc) is 2.70. The first-order valence-electron chi connectivity index (χ1n) is 6.25. The zero-order valence-corrected chi connectivity index (χ0v) is 11.1. The van der Waals surface area contributed by atoms with Gasteiger partial charge >= 0.3 is 0 Å². The first kappa shape index (κ1) is 12.8. The molecule has 3 rings (SSSR count). The van der Waals surface area contributed by atoms with Crippen molar-refractivity contribution in [2.75, 3.05) is 13.2 Å². The van der Waals surface area contributed by atoms with Gasteiger partial charge < -0.3 is 28.8 Å². The Hall–Kier alpha value is -0.240. The highest BCUT2D eigenvalue weighted by atomic mass is 16.9. The second-order valence-electron chi connectivity index (χ2n) is 5.96. The standard InChI is InChI=1S/C12H20O6/c1-10(2)15-7-5-14-12(6-13)9(8(7)16-10)17-11(3,4)18-12/h7-9,13H,5-6H2,1-4H3/t7?,8?,9-,12-/m0/s1. The molecule has 18 heavy (non-hydrogen) atoms. The summed E-state index contributed by atoms with van der Waals surface area (Å²) >= 11 is 0. The average molecular weight is 260 g/mol. The molecular weight excluding hydrogens is 240 g/mol. The molecule has 0 spiro atoms. The van der Waals surface area contributed by atoms with Crippen molar-refractivity contribution in [1.29, 1.82) is 0 Å². The van der Waals surface area contributed by atoms with Gasteiger partial charge in [0.2, 0.25) is 5.79 Å². The summed E-state index contributed by atoms with van der Waals surface area (Å²) in [6, 6.07) is 0. The van der Waals surface area contributed by atoms with Crippen molar-refractivity contribution < 1.29 is 28.8 Å². The molecule has 3 aliphatic rings. The van der Waals surface area contributed by atoms with Gasteiger partial charge in [-0.3, -0.25) is 0 Å². The molecule has 3 aliphatic heterocycles. The number of rotatable bonds is 1. The summed E-state index contributed by atoms with van der Waals surface area (Å²) in [5.41, 5.74) is 0. The molecule has 3 heterocycles. The Bertz CT molecular complexity index is 354. The van der Waals surface area contributed by atoms with Crippen molar-refractivity contribution in [1.82, 2.24) is 0 Å². The van der Waals surface area contributed by atoms with Crippen LogP contribution in [-0.4, -0.2) is 54.0 Å². The summed E-state index contributed by atoms with van der Waals surface area (Å²) in [5, 5.41) is 9.61. The number of hydrogen-bond acceptors (Lipinski definition) is 6. The van der Waals surface area contributed by atoms with Gasteiger partial charge in [-0.25, -0.2) is 0 Å². The fourth-order valence-electron chi connectivity index (χ4n) is 2.96. The van der Waals surface area contributed by atoms with E-state index in [1.165, 1.54) is 0 Å². The molecular formula is C12H20O6. The van der Waals surface area contributed by atoms with E-state index in [0.717, 1.165) is 0 Å². The third-order valence-corrected chi connectivity index (χ3v) is 3.50. The lowest BCUT2D eigenvalue weighted by atomic mass is 9.98. The number of hydrogen-bond donors (Lipinski definition) is 1. The smallest absolute Gasteiger partial charge is 0.224 e. The summed E-state index contributed by atoms with van der Waals surface area (Å²) < 4.78 is 28.9. The minimum absolute atomic E-state index is 0.192. The van der Waals surface area contributed by atoms with Gasteiger partial charge in [0.15, 0.2) is 11.6 Å². The molecule has 104 valence electrons. The Morgan fingerprint density at radius 1 is 1.06 bits per heavy atom. The molecule has 6 nitrogen and oxygen atoms in total. The van der Waals surface area contributed by atoms with Gasteiger partial charge in [-0.15, -0.1) is 0 Å². The zero-order chi connectivity index (χ0) is 13.2. The van der Waals surface area contributed by atoms with Crippen LogP contribution >= 0.6 is 0 Å². The minimum atomic E-state index is -1.14. The van der Waals surface area contributed by atoms with Crippen LogP contribution in [0.25, 0.3) is 0 Å². The second kappa shape index (κ2) is 3.65. The number of aliphatic hydroxyl groups excluding tert-OH is 1. The van der Waals surface area contributed by atoms with E-state index in [2.05, 4.69) is 0 Å². The molecule has 0 bridgehead atoms. The predicted molar refractivity (Wildman–Crippen MR) is 59.6 cm³/mol. The Balaban J connectivity index is 1.90. The molecule has 0 aromatic carbocycles. The summed E-state index contributed by atoms with van der Waals surface area (Å²) in [6.45, 7) is 7.35. The maximum absolute atomic E-state index is 9.61. The van der Waals surface area contributed by atoms with E-state index in [1.54, 1.807) is 13.8 Å². The summed E-state index contributed by atoms with van der Waals surface area (Å²) in [5.74, 6) is -2.62. The summed E-state index contributed by atoms with van der Waals surface area (Å²) in [4.78, 5) is 0. The van der Waals surface area contributed by atoms with Gasteiger partial charge in [0.25, 0.3) is 0 Å². The molecule has 6 heteroatoms. The molecule has 1 N–H and O–H groups in total. The van der Waals surface area contributed by atoms with E-state index >= 15 is 0 Å². The van der Waals surface area contributed by atoms with E-state index < -0.39 is 23.5 Å². The van der Waals surface area contributed by atoms with E-state index in [0.29, 0.717) is 6.61 Å². The SMILES string of the molecule is CC1(C)OC2CO[C@@]3(CO)OC(C)(C)O[C@H]3C2O1. The third-order valence-electron chi connectivity index (χ3n) is 3.50. The zero-order valence-electron chi connectivity index (χ0n) is 11.1. The van der Waals surface area contributed by atoms with Crippen LogP contribution in [-0.2, 0) is 23.7 Å². The van der Waals surface area contributed by atoms with Gasteiger partial charge in [-0.05, 0) is 27.7 Å². The van der Waals surface area contributed by atoms with Gasteiger partial charge in [-0.1, -0.05) is 0 Å². The van der Waals surface area contributed by atoms with E-state index in [-0.39, 0.29) is 18.8 Å². The fraction of sp³-hybridized carbons (Fsp3) is 1.00. The normalized spacial score (nSPS) is 48.8. The predicted octanol–water partition coefficient (Wildman–Crippen LogP) is 0.377. The maximum Gasteiger partial charge on any atom is 0.224 e. The van der Waals surface area contributed by atoms with Gasteiger partial charge in [0.1, 0.15) is 24.9 Å². The lowest BCUT2D eigenvalue weighted by molar-refractivity contribution is -0.294. The van der Waals surface area contributed by atoms with Crippen LogP contribution in [0.3, 0.4) is 0 Å². The highest BCUT2D eigenvalue weighted by molar-refractivity contribution is 5.03. The molecule has 0 amide bonds. The van der Waals surface area contributed by atoms with Crippen molar-refractivity contribution in [3.63, 3.8) is 0 Å². The van der Waals surface area contributed by atoms with Crippen molar-refractivity contribution in [3.05, 3.63) is 0 Å². The molecule has 0 saturated carbocycles. The highest BCUT2D eigenvalue weighted by Crippen LogP contribution is 2.47. The summed E-state index contributed by atoms with van der Waals surface area (Å²) in [7, 11) is 0. The van der Waals surface area contributed by atoms with Gasteiger partial charge in [0.05, 0.1) is 6.61 Å². The Morgan fingerprint density at radius 3 is 2.44 bits per heavy atom. The van der Waals surface area contributed by atoms with Crippen molar-refractivity contribution in [3.8, 4) is 0 Å². The second-order valence-corrected chi connectivity index (χ2v) is 5.96. The first-order valence-corrected chi connectivity index (χ1v) is 6.25. The van der Waals surface area contributed by atoms with E-state index in [9.17, 15) is 5.11 Å². The molecule has 4 atom stereocenters. The molecule has 0 aliphatic carbocycles. The van der Waals surface area contributed by atoms with Crippen LogP contribution in [0, 0.1) is 0 Å². The number of fused-ring (bicyclic) bond motifs is 3. The summed E-state index contributed by atoms with van der Waals surface area (Å²) in [6.07, 6.45) is -0.970.